The van der Waals surface area contributed by atoms with E-state index in [0.717, 1.165) is 41.3 Å². The van der Waals surface area contributed by atoms with E-state index in [0.29, 0.717) is 11.1 Å². The van der Waals surface area contributed by atoms with Crippen molar-refractivity contribution in [3.63, 3.8) is 0 Å². The van der Waals surface area contributed by atoms with Gasteiger partial charge in [0.1, 0.15) is 5.82 Å². The van der Waals surface area contributed by atoms with Gasteiger partial charge in [-0.3, -0.25) is 0 Å². The van der Waals surface area contributed by atoms with E-state index in [4.69, 9.17) is 0 Å². The Balaban J connectivity index is 1.75. The molecular weight excluding hydrogens is 367 g/mol. The van der Waals surface area contributed by atoms with Crippen LogP contribution in [0.25, 0.3) is 11.1 Å². The minimum atomic E-state index is -0.961. The lowest BCUT2D eigenvalue weighted by Crippen LogP contribution is -1.88. The van der Waals surface area contributed by atoms with E-state index in [1.165, 1.54) is 29.9 Å². The van der Waals surface area contributed by atoms with Crippen LogP contribution in [0.5, 0.6) is 0 Å². The maximum atomic E-state index is 14.3. The third-order valence-corrected chi connectivity index (χ3v) is 5.06. The van der Waals surface area contributed by atoms with Gasteiger partial charge >= 0.3 is 0 Å². The Kier molecular flexibility index (Phi) is 6.31. The van der Waals surface area contributed by atoms with Crippen molar-refractivity contribution in [2.24, 2.45) is 0 Å². The predicted molar refractivity (Wildman–Crippen MR) is 103 cm³/mol. The maximum Gasteiger partial charge on any atom is 0.159 e. The van der Waals surface area contributed by atoms with Crippen molar-refractivity contribution >= 4 is 11.3 Å². The topological polar surface area (TPSA) is 12.9 Å². The van der Waals surface area contributed by atoms with Gasteiger partial charge in [0, 0.05) is 0 Å². The van der Waals surface area contributed by atoms with Crippen LogP contribution >= 0.6 is 11.3 Å². The number of aromatic nitrogens is 1. The summed E-state index contributed by atoms with van der Waals surface area (Å²) in [5, 5.41) is 1.04. The summed E-state index contributed by atoms with van der Waals surface area (Å²) in [6.45, 7) is 2.16. The van der Waals surface area contributed by atoms with Crippen LogP contribution in [0, 0.1) is 29.3 Å². The summed E-state index contributed by atoms with van der Waals surface area (Å²) in [5.41, 5.74) is 1.13. The molecule has 0 amide bonds. The Morgan fingerprint density at radius 2 is 1.63 bits per heavy atom. The van der Waals surface area contributed by atoms with Crippen molar-refractivity contribution in [2.75, 3.05) is 0 Å². The van der Waals surface area contributed by atoms with Gasteiger partial charge in [0.25, 0.3) is 0 Å². The number of rotatable bonds is 5. The Labute approximate surface area is 160 Å². The van der Waals surface area contributed by atoms with E-state index in [2.05, 4.69) is 23.7 Å². The maximum absolute atomic E-state index is 14.3. The number of halogens is 3. The van der Waals surface area contributed by atoms with Crippen LogP contribution in [0.1, 0.15) is 41.6 Å². The first kappa shape index (κ1) is 19.2. The van der Waals surface area contributed by atoms with Crippen LogP contribution in [-0.2, 0) is 6.42 Å². The van der Waals surface area contributed by atoms with Crippen LogP contribution in [0.4, 0.5) is 13.2 Å². The fraction of sp³-hybridized carbons (Fsp3) is 0.227. The molecule has 0 atom stereocenters. The lowest BCUT2D eigenvalue weighted by atomic mass is 10.0. The monoisotopic (exact) mass is 385 g/mol. The molecule has 5 heteroatoms. The minimum absolute atomic E-state index is 0.252. The molecule has 2 aromatic carbocycles. The third kappa shape index (κ3) is 4.99. The van der Waals surface area contributed by atoms with Gasteiger partial charge in [-0.1, -0.05) is 37.8 Å². The van der Waals surface area contributed by atoms with Gasteiger partial charge in [0.15, 0.2) is 11.6 Å². The average Bonchev–Trinajstić information content (AvgIpc) is 3.11. The molecule has 0 aliphatic heterocycles. The molecule has 0 saturated carbocycles. The molecule has 0 fully saturated rings. The molecule has 1 nitrogen and oxygen atoms in total. The molecule has 3 aromatic rings. The molecule has 0 radical (unpaired) electrons. The second-order valence-corrected chi connectivity index (χ2v) is 7.26. The first-order chi connectivity index (χ1) is 13.1. The largest absolute Gasteiger partial charge is 0.248 e. The number of hydrogen-bond donors (Lipinski definition) is 0. The zero-order valence-corrected chi connectivity index (χ0v) is 15.7. The zero-order chi connectivity index (χ0) is 19.2. The molecule has 3 rings (SSSR count). The Bertz CT molecular complexity index is 998. The fourth-order valence-corrected chi connectivity index (χ4v) is 3.42. The minimum Gasteiger partial charge on any atom is -0.248 e. The Morgan fingerprint density at radius 1 is 0.889 bits per heavy atom. The molecule has 138 valence electrons. The van der Waals surface area contributed by atoms with Crippen LogP contribution in [0.15, 0.2) is 42.6 Å². The van der Waals surface area contributed by atoms with E-state index in [9.17, 15) is 13.2 Å². The van der Waals surface area contributed by atoms with Gasteiger partial charge in [-0.15, -0.1) is 11.3 Å². The summed E-state index contributed by atoms with van der Waals surface area (Å²) < 4.78 is 40.7. The molecule has 0 unspecified atom stereocenters. The van der Waals surface area contributed by atoms with Crippen LogP contribution in [-0.4, -0.2) is 4.98 Å². The summed E-state index contributed by atoms with van der Waals surface area (Å²) in [6.07, 6.45) is 6.11. The van der Waals surface area contributed by atoms with E-state index in [1.807, 2.05) is 0 Å². The van der Waals surface area contributed by atoms with Crippen LogP contribution in [0.3, 0.4) is 0 Å². The predicted octanol–water partition coefficient (Wildman–Crippen LogP) is 6.36. The first-order valence-electron chi connectivity index (χ1n) is 8.78. The van der Waals surface area contributed by atoms with E-state index < -0.39 is 17.5 Å². The summed E-state index contributed by atoms with van der Waals surface area (Å²) >= 11 is 1.53. The second-order valence-electron chi connectivity index (χ2n) is 6.15. The van der Waals surface area contributed by atoms with Crippen LogP contribution in [0.2, 0.25) is 0 Å². The molecule has 27 heavy (non-hydrogen) atoms. The number of aryl methyl sites for hydroxylation is 1. The van der Waals surface area contributed by atoms with E-state index >= 15 is 0 Å². The van der Waals surface area contributed by atoms with Crippen molar-refractivity contribution < 1.29 is 13.2 Å². The molecule has 0 aliphatic carbocycles. The fourth-order valence-electron chi connectivity index (χ4n) is 2.61. The normalized spacial score (nSPS) is 10.5. The summed E-state index contributed by atoms with van der Waals surface area (Å²) in [5.74, 6) is 3.37. The summed E-state index contributed by atoms with van der Waals surface area (Å²) in [7, 11) is 0. The quantitative estimate of drug-likeness (QED) is 0.368. The van der Waals surface area contributed by atoms with Crippen molar-refractivity contribution in [1.82, 2.24) is 4.98 Å². The van der Waals surface area contributed by atoms with E-state index in [1.54, 1.807) is 18.3 Å². The zero-order valence-electron chi connectivity index (χ0n) is 14.9. The van der Waals surface area contributed by atoms with Gasteiger partial charge in [-0.25, -0.2) is 18.2 Å². The van der Waals surface area contributed by atoms with Gasteiger partial charge in [0.2, 0.25) is 0 Å². The van der Waals surface area contributed by atoms with Crippen molar-refractivity contribution in [2.45, 2.75) is 32.6 Å². The highest BCUT2D eigenvalue weighted by molar-refractivity contribution is 7.12. The Morgan fingerprint density at radius 3 is 2.33 bits per heavy atom. The van der Waals surface area contributed by atoms with Crippen molar-refractivity contribution in [3.8, 4) is 23.0 Å². The molecule has 1 aromatic heterocycles. The molecule has 1 heterocycles. The van der Waals surface area contributed by atoms with Gasteiger partial charge < -0.3 is 0 Å². The van der Waals surface area contributed by atoms with E-state index in [-0.39, 0.29) is 5.56 Å². The average molecular weight is 385 g/mol. The summed E-state index contributed by atoms with van der Waals surface area (Å²) in [4.78, 5) is 5.14. The van der Waals surface area contributed by atoms with Crippen molar-refractivity contribution in [1.29, 1.82) is 0 Å². The highest BCUT2D eigenvalue weighted by Crippen LogP contribution is 2.24. The highest BCUT2D eigenvalue weighted by atomic mass is 32.1. The Hall–Kier alpha value is -2.58. The lowest BCUT2D eigenvalue weighted by Gasteiger charge is -2.04. The summed E-state index contributed by atoms with van der Waals surface area (Å²) in [6, 6.07) is 7.95. The van der Waals surface area contributed by atoms with Gasteiger partial charge in [0.05, 0.1) is 21.6 Å². The molecule has 0 bridgehead atoms. The molecule has 0 spiro atoms. The number of benzene rings is 2. The van der Waals surface area contributed by atoms with Gasteiger partial charge in [-0.2, -0.15) is 0 Å². The molecule has 0 N–H and O–H groups in total. The van der Waals surface area contributed by atoms with Gasteiger partial charge in [-0.05, 0) is 54.2 Å². The smallest absolute Gasteiger partial charge is 0.159 e. The third-order valence-electron chi connectivity index (χ3n) is 4.09. The molecule has 0 aliphatic rings. The van der Waals surface area contributed by atoms with Crippen molar-refractivity contribution in [3.05, 3.63) is 75.5 Å². The second kappa shape index (κ2) is 8.88. The standard InChI is InChI=1S/C22H18F3NS/c1-2-3-4-5-22-26-14-18(27-22)10-8-15-6-7-16(12-20(15)24)17-9-11-19(23)21(25)13-17/h6-7,9,11-14H,2-5H2,1H3. The first-order valence-corrected chi connectivity index (χ1v) is 9.60. The molecule has 0 saturated heterocycles. The number of unbranched alkanes of at least 4 members (excludes halogenated alkanes) is 2. The van der Waals surface area contributed by atoms with Crippen LogP contribution < -0.4 is 0 Å². The highest BCUT2D eigenvalue weighted by Gasteiger charge is 2.07. The number of hydrogen-bond acceptors (Lipinski definition) is 2. The number of thiazole rings is 1. The SMILES string of the molecule is CCCCCc1ncc(C#Cc2ccc(-c3ccc(F)c(F)c3)cc2F)s1. The number of nitrogens with zero attached hydrogens (tertiary/aromatic N) is 1. The molecular formula is C22H18F3NS. The lowest BCUT2D eigenvalue weighted by molar-refractivity contribution is 0.509.